The van der Waals surface area contributed by atoms with Gasteiger partial charge in [0.2, 0.25) is 17.2 Å². The van der Waals surface area contributed by atoms with Crippen LogP contribution in [0, 0.1) is 0 Å². The molecular formula is C28H31ClN8O12S4. The van der Waals surface area contributed by atoms with Crippen LogP contribution in [0.25, 0.3) is 0 Å². The highest BCUT2D eigenvalue weighted by molar-refractivity contribution is 7.91. The zero-order valence-corrected chi connectivity index (χ0v) is 31.5. The number of rotatable bonds is 17. The van der Waals surface area contributed by atoms with Gasteiger partial charge in [0.05, 0.1) is 22.9 Å². The van der Waals surface area contributed by atoms with Crippen LogP contribution in [-0.4, -0.2) is 80.5 Å². The summed E-state index contributed by atoms with van der Waals surface area (Å²) in [6.07, 6.45) is 0.854. The van der Waals surface area contributed by atoms with Gasteiger partial charge in [0.25, 0.3) is 20.2 Å². The smallest absolute Gasteiger partial charge is 0.369 e. The fraction of sp³-hybridized carbons (Fsp3) is 0.250. The molecule has 0 aliphatic heterocycles. The van der Waals surface area contributed by atoms with Crippen molar-refractivity contribution in [1.82, 2.24) is 15.0 Å². The Kier molecular flexibility index (Phi) is 13.1. The number of halogens is 1. The number of anilines is 5. The number of aryl methyl sites for hydroxylation is 2. The maximum absolute atomic E-state index is 12.5. The highest BCUT2D eigenvalue weighted by Crippen LogP contribution is 2.34. The van der Waals surface area contributed by atoms with Crippen LogP contribution < -0.4 is 16.0 Å². The van der Waals surface area contributed by atoms with Crippen LogP contribution in [0.15, 0.2) is 74.6 Å². The Bertz CT molecular complexity index is 2470. The second kappa shape index (κ2) is 16.7. The molecule has 4 aromatic rings. The number of nitrogens with one attached hydrogen (secondary N) is 3. The molecule has 0 saturated heterocycles. The molecule has 0 fully saturated rings. The van der Waals surface area contributed by atoms with Gasteiger partial charge in [0.1, 0.15) is 16.5 Å². The number of nitrogens with zero attached hydrogens (tertiary/aromatic N) is 5. The molecule has 1 heterocycles. The Morgan fingerprint density at radius 2 is 1.32 bits per heavy atom. The summed E-state index contributed by atoms with van der Waals surface area (Å²) in [5, 5.41) is 16.4. The van der Waals surface area contributed by atoms with Gasteiger partial charge in [0.15, 0.2) is 9.84 Å². The van der Waals surface area contributed by atoms with Crippen molar-refractivity contribution in [3.63, 3.8) is 0 Å². The van der Waals surface area contributed by atoms with Crippen LogP contribution in [0.1, 0.15) is 25.0 Å². The van der Waals surface area contributed by atoms with Crippen molar-refractivity contribution in [3.8, 4) is 0 Å². The molecule has 0 saturated carbocycles. The highest BCUT2D eigenvalue weighted by atomic mass is 35.5. The van der Waals surface area contributed by atoms with Gasteiger partial charge in [-0.2, -0.15) is 45.3 Å². The predicted octanol–water partition coefficient (Wildman–Crippen LogP) is 4.65. The van der Waals surface area contributed by atoms with Crippen molar-refractivity contribution in [2.24, 2.45) is 10.2 Å². The molecule has 25 heteroatoms. The van der Waals surface area contributed by atoms with Crippen molar-refractivity contribution < 1.29 is 51.5 Å². The summed E-state index contributed by atoms with van der Waals surface area (Å²) < 4.78 is 125. The van der Waals surface area contributed by atoms with E-state index in [0.717, 1.165) is 6.07 Å². The van der Waals surface area contributed by atoms with Crippen LogP contribution >= 0.6 is 11.6 Å². The van der Waals surface area contributed by atoms with Gasteiger partial charge in [-0.15, -0.1) is 5.11 Å². The van der Waals surface area contributed by atoms with Gasteiger partial charge < -0.3 is 16.0 Å². The summed E-state index contributed by atoms with van der Waals surface area (Å²) in [7, 11) is -17.9. The number of benzene rings is 3. The topological polar surface area (TPSA) is 306 Å². The first kappa shape index (κ1) is 41.4. The lowest BCUT2D eigenvalue weighted by molar-refractivity contribution is 0.284. The maximum atomic E-state index is 12.5. The zero-order chi connectivity index (χ0) is 39.2. The van der Waals surface area contributed by atoms with Crippen molar-refractivity contribution in [1.29, 1.82) is 0 Å². The monoisotopic (exact) mass is 834 g/mol. The lowest BCUT2D eigenvalue weighted by Gasteiger charge is -2.14. The second-order valence-electron chi connectivity index (χ2n) is 10.7. The summed E-state index contributed by atoms with van der Waals surface area (Å²) in [5.41, 5.74) is 2.23. The average molecular weight is 835 g/mol. The van der Waals surface area contributed by atoms with Crippen LogP contribution in [0.2, 0.25) is 5.28 Å². The third kappa shape index (κ3) is 12.3. The molecule has 0 bridgehead atoms. The van der Waals surface area contributed by atoms with E-state index in [1.54, 1.807) is 19.1 Å². The molecular weight excluding hydrogens is 804 g/mol. The van der Waals surface area contributed by atoms with E-state index in [2.05, 4.69) is 45.3 Å². The first-order chi connectivity index (χ1) is 24.7. The molecule has 0 unspecified atom stereocenters. The van der Waals surface area contributed by atoms with Crippen molar-refractivity contribution in [3.05, 3.63) is 71.0 Å². The van der Waals surface area contributed by atoms with Crippen LogP contribution in [0.4, 0.5) is 40.3 Å². The molecule has 53 heavy (non-hydrogen) atoms. The van der Waals surface area contributed by atoms with E-state index >= 15 is 0 Å². The lowest BCUT2D eigenvalue weighted by Crippen LogP contribution is -2.15. The SMILES string of the molecule is CCc1cc(NCS(=O)(=O)O)c(CC)cc1/N=N/c1cc(Nc2nc(Cl)nc(Nc3ccc(S(=O)(=O)CCOS(=O)(=O)O)cc3)n2)ccc1S(=O)(=O)O. The molecule has 0 spiro atoms. The van der Waals surface area contributed by atoms with E-state index in [-0.39, 0.29) is 33.5 Å². The van der Waals surface area contributed by atoms with Gasteiger partial charge in [-0.25, -0.2) is 12.6 Å². The normalized spacial score (nSPS) is 12.6. The maximum Gasteiger partial charge on any atom is 0.397 e. The molecule has 0 radical (unpaired) electrons. The Balaban J connectivity index is 1.58. The predicted molar refractivity (Wildman–Crippen MR) is 193 cm³/mol. The Morgan fingerprint density at radius 1 is 0.736 bits per heavy atom. The third-order valence-electron chi connectivity index (χ3n) is 6.93. The summed E-state index contributed by atoms with van der Waals surface area (Å²) in [5.74, 6) is -1.65. The van der Waals surface area contributed by atoms with E-state index in [9.17, 15) is 38.2 Å². The Morgan fingerprint density at radius 3 is 1.89 bits per heavy atom. The molecule has 0 amide bonds. The van der Waals surface area contributed by atoms with Crippen LogP contribution in [0.3, 0.4) is 0 Å². The molecule has 20 nitrogen and oxygen atoms in total. The number of aromatic nitrogens is 3. The fourth-order valence-electron chi connectivity index (χ4n) is 4.51. The summed E-state index contributed by atoms with van der Waals surface area (Å²) in [4.78, 5) is 11.4. The van der Waals surface area contributed by atoms with Gasteiger partial charge in [0, 0.05) is 17.1 Å². The standard InChI is InChI=1S/C28H31ClN8O12S4/c1-3-17-14-23(18(4-2)13-22(17)30-16-51(40,41)42)36-37-24-15-20(7-10-25(24)52(43,44)45)32-28-34-26(29)33-27(35-28)31-19-5-8-21(9-6-19)50(38,39)12-11-49-53(46,47)48/h5-10,13-15,30H,3-4,11-12,16H2,1-2H3,(H,40,41,42)(H,43,44,45)(H,46,47,48)(H2,31,32,33,34,35)/b37-36+. The molecule has 6 N–H and O–H groups in total. The molecule has 0 atom stereocenters. The third-order valence-corrected chi connectivity index (χ3v) is 10.7. The number of hydrogen-bond donors (Lipinski definition) is 6. The van der Waals surface area contributed by atoms with Crippen molar-refractivity contribution >= 4 is 92.4 Å². The number of azo groups is 1. The van der Waals surface area contributed by atoms with Gasteiger partial charge in [-0.3, -0.25) is 13.7 Å². The van der Waals surface area contributed by atoms with E-state index < -0.39 is 63.6 Å². The summed E-state index contributed by atoms with van der Waals surface area (Å²) in [6, 6.07) is 12.0. The minimum atomic E-state index is -4.80. The average Bonchev–Trinajstić information content (AvgIpc) is 3.04. The van der Waals surface area contributed by atoms with E-state index in [1.807, 2.05) is 6.92 Å². The van der Waals surface area contributed by atoms with Gasteiger partial charge in [-0.1, -0.05) is 13.8 Å². The summed E-state index contributed by atoms with van der Waals surface area (Å²) >= 11 is 6.10. The molecule has 1 aromatic heterocycles. The number of sulfone groups is 1. The first-order valence-corrected chi connectivity index (χ1v) is 21.4. The largest absolute Gasteiger partial charge is 0.397 e. The van der Waals surface area contributed by atoms with E-state index in [4.69, 9.17) is 20.7 Å². The number of hydrogen-bond acceptors (Lipinski definition) is 17. The first-order valence-electron chi connectivity index (χ1n) is 14.9. The van der Waals surface area contributed by atoms with Gasteiger partial charge >= 0.3 is 10.4 Å². The van der Waals surface area contributed by atoms with Crippen molar-refractivity contribution in [2.45, 2.75) is 36.5 Å². The van der Waals surface area contributed by atoms with Crippen LogP contribution in [-0.2, 0) is 57.5 Å². The fourth-order valence-corrected chi connectivity index (χ4v) is 7.10. The van der Waals surface area contributed by atoms with Crippen LogP contribution in [0.5, 0.6) is 0 Å². The lowest BCUT2D eigenvalue weighted by atomic mass is 10.0. The summed E-state index contributed by atoms with van der Waals surface area (Å²) in [6.45, 7) is 2.82. The molecule has 286 valence electrons. The minimum Gasteiger partial charge on any atom is -0.369 e. The van der Waals surface area contributed by atoms with Gasteiger partial charge in [-0.05, 0) is 90.2 Å². The van der Waals surface area contributed by atoms with E-state index in [1.165, 1.54) is 36.4 Å². The molecule has 0 aliphatic carbocycles. The Hall–Kier alpha value is -4.40. The minimum absolute atomic E-state index is 0.0903. The Labute approximate surface area is 309 Å². The molecule has 0 aliphatic rings. The zero-order valence-electron chi connectivity index (χ0n) is 27.5. The highest BCUT2D eigenvalue weighted by Gasteiger charge is 2.19. The molecule has 4 rings (SSSR count). The quantitative estimate of drug-likeness (QED) is 0.0623. The van der Waals surface area contributed by atoms with E-state index in [0.29, 0.717) is 41.0 Å². The second-order valence-corrected chi connectivity index (χ2v) is 17.1. The van der Waals surface area contributed by atoms with Crippen molar-refractivity contribution in [2.75, 3.05) is 34.2 Å². The molecule has 3 aromatic carbocycles.